The quantitative estimate of drug-likeness (QED) is 0.870. The number of carbonyl (C=O) groups excluding carboxylic acids is 1. The third kappa shape index (κ3) is 2.34. The lowest BCUT2D eigenvalue weighted by Gasteiger charge is -2.42. The molecule has 0 spiro atoms. The fraction of sp³-hybridized carbons (Fsp3) is 0.368. The molecule has 0 saturated carbocycles. The number of carbonyl (C=O) groups is 1. The number of nitrogens with zero attached hydrogens (tertiary/aromatic N) is 3. The van der Waals surface area contributed by atoms with E-state index >= 15 is 0 Å². The molecule has 0 unspecified atom stereocenters. The third-order valence-corrected chi connectivity index (χ3v) is 5.02. The van der Waals surface area contributed by atoms with Crippen LogP contribution in [0.15, 0.2) is 40.9 Å². The van der Waals surface area contributed by atoms with Gasteiger partial charge in [-0.2, -0.15) is 5.26 Å². The molecule has 2 aliphatic heterocycles. The van der Waals surface area contributed by atoms with Gasteiger partial charge < -0.3 is 15.2 Å². The highest BCUT2D eigenvalue weighted by Gasteiger charge is 2.40. The minimum absolute atomic E-state index is 0.0704. The molecule has 0 bridgehead atoms. The topological polar surface area (TPSA) is 91.8 Å². The van der Waals surface area contributed by atoms with Crippen LogP contribution >= 0.6 is 0 Å². The first-order valence-corrected chi connectivity index (χ1v) is 8.55. The predicted molar refractivity (Wildman–Crippen MR) is 93.5 cm³/mol. The summed E-state index contributed by atoms with van der Waals surface area (Å²) in [5.41, 5.74) is 9.11. The maximum absolute atomic E-state index is 12.9. The molecular weight excluding hydrogens is 332 g/mol. The van der Waals surface area contributed by atoms with Crippen molar-refractivity contribution < 1.29 is 14.3 Å². The van der Waals surface area contributed by atoms with Gasteiger partial charge in [-0.25, -0.2) is 5.01 Å². The number of benzene rings is 1. The Bertz CT molecular complexity index is 895. The molecule has 0 radical (unpaired) electrons. The Morgan fingerprint density at radius 2 is 2.04 bits per heavy atom. The average Bonchev–Trinajstić information content (AvgIpc) is 3.08. The van der Waals surface area contributed by atoms with E-state index in [-0.39, 0.29) is 12.6 Å². The number of fused-ring (bicyclic) bond motifs is 1. The van der Waals surface area contributed by atoms with Gasteiger partial charge in [0, 0.05) is 31.8 Å². The van der Waals surface area contributed by atoms with Crippen LogP contribution in [0.25, 0.3) is 0 Å². The molecule has 0 amide bonds. The van der Waals surface area contributed by atoms with Crippen molar-refractivity contribution in [1.82, 2.24) is 10.0 Å². The fourth-order valence-corrected chi connectivity index (χ4v) is 3.95. The Balaban J connectivity index is 1.92. The molecule has 1 aliphatic carbocycles. The first-order valence-electron chi connectivity index (χ1n) is 8.55. The van der Waals surface area contributed by atoms with Crippen LogP contribution in [-0.2, 0) is 4.79 Å². The van der Waals surface area contributed by atoms with Crippen LogP contribution in [0.2, 0.25) is 0 Å². The molecule has 7 nitrogen and oxygen atoms in total. The SMILES string of the molecule is CN(C)N1C(N)=C(C#N)[C@H](c2ccc3c(c2)OCO3)C2=C1CCCC2=O. The summed E-state index contributed by atoms with van der Waals surface area (Å²) in [5, 5.41) is 13.4. The van der Waals surface area contributed by atoms with E-state index in [4.69, 9.17) is 15.2 Å². The van der Waals surface area contributed by atoms with E-state index in [2.05, 4.69) is 6.07 Å². The van der Waals surface area contributed by atoms with Gasteiger partial charge in [-0.05, 0) is 30.5 Å². The van der Waals surface area contributed by atoms with Crippen LogP contribution in [0, 0.1) is 11.3 Å². The van der Waals surface area contributed by atoms with Crippen molar-refractivity contribution in [1.29, 1.82) is 5.26 Å². The van der Waals surface area contributed by atoms with Crippen molar-refractivity contribution in [2.45, 2.75) is 25.2 Å². The molecule has 4 rings (SSSR count). The van der Waals surface area contributed by atoms with Crippen molar-refractivity contribution in [3.63, 3.8) is 0 Å². The Morgan fingerprint density at radius 3 is 2.77 bits per heavy atom. The van der Waals surface area contributed by atoms with Gasteiger partial charge in [0.15, 0.2) is 17.3 Å². The molecule has 1 aromatic carbocycles. The van der Waals surface area contributed by atoms with Crippen LogP contribution in [0.5, 0.6) is 11.5 Å². The van der Waals surface area contributed by atoms with Crippen LogP contribution in [0.4, 0.5) is 0 Å². The number of nitriles is 1. The van der Waals surface area contributed by atoms with Gasteiger partial charge in [-0.3, -0.25) is 9.80 Å². The summed E-state index contributed by atoms with van der Waals surface area (Å²) >= 11 is 0. The lowest BCUT2D eigenvalue weighted by Crippen LogP contribution is -2.45. The van der Waals surface area contributed by atoms with Crippen molar-refractivity contribution in [3.8, 4) is 17.6 Å². The number of hydrazine groups is 1. The summed E-state index contributed by atoms with van der Waals surface area (Å²) in [6, 6.07) is 7.77. The number of ether oxygens (including phenoxy) is 2. The molecule has 1 aromatic rings. The van der Waals surface area contributed by atoms with Crippen molar-refractivity contribution >= 4 is 5.78 Å². The number of nitrogens with two attached hydrogens (primary N) is 1. The number of Topliss-reactive ketones (excluding diaryl/α,β-unsaturated/α-hetero) is 1. The molecule has 0 fully saturated rings. The molecule has 2 N–H and O–H groups in total. The van der Waals surface area contributed by atoms with E-state index < -0.39 is 5.92 Å². The first-order chi connectivity index (χ1) is 12.5. The van der Waals surface area contributed by atoms with Gasteiger partial charge >= 0.3 is 0 Å². The van der Waals surface area contributed by atoms with Crippen LogP contribution in [0.3, 0.4) is 0 Å². The zero-order valence-corrected chi connectivity index (χ0v) is 14.8. The van der Waals surface area contributed by atoms with Gasteiger partial charge in [0.25, 0.3) is 0 Å². The van der Waals surface area contributed by atoms with Gasteiger partial charge in [0.1, 0.15) is 5.82 Å². The predicted octanol–water partition coefficient (Wildman–Crippen LogP) is 1.99. The molecule has 0 saturated heterocycles. The van der Waals surface area contributed by atoms with E-state index in [9.17, 15) is 10.1 Å². The molecule has 26 heavy (non-hydrogen) atoms. The van der Waals surface area contributed by atoms with E-state index in [0.717, 1.165) is 24.1 Å². The molecule has 134 valence electrons. The first kappa shape index (κ1) is 16.5. The summed E-state index contributed by atoms with van der Waals surface area (Å²) in [4.78, 5) is 12.9. The minimum Gasteiger partial charge on any atom is -0.454 e. The van der Waals surface area contributed by atoms with Crippen LogP contribution in [0.1, 0.15) is 30.7 Å². The van der Waals surface area contributed by atoms with Crippen molar-refractivity contribution in [3.05, 3.63) is 46.4 Å². The fourth-order valence-electron chi connectivity index (χ4n) is 3.95. The van der Waals surface area contributed by atoms with Gasteiger partial charge in [0.05, 0.1) is 17.6 Å². The van der Waals surface area contributed by atoms with Crippen LogP contribution < -0.4 is 15.2 Å². The van der Waals surface area contributed by atoms with Crippen LogP contribution in [-0.4, -0.2) is 36.7 Å². The number of allylic oxidation sites excluding steroid dienone is 3. The molecule has 1 atom stereocenters. The highest BCUT2D eigenvalue weighted by molar-refractivity contribution is 5.99. The molecule has 0 aromatic heterocycles. The summed E-state index contributed by atoms with van der Waals surface area (Å²) in [6.07, 6.45) is 2.02. The monoisotopic (exact) mass is 352 g/mol. The van der Waals surface area contributed by atoms with Crippen molar-refractivity contribution in [2.75, 3.05) is 20.9 Å². The second-order valence-corrected chi connectivity index (χ2v) is 6.75. The highest BCUT2D eigenvalue weighted by atomic mass is 16.7. The van der Waals surface area contributed by atoms with E-state index in [1.807, 2.05) is 37.3 Å². The zero-order chi connectivity index (χ0) is 18.4. The highest BCUT2D eigenvalue weighted by Crippen LogP contribution is 2.46. The summed E-state index contributed by atoms with van der Waals surface area (Å²) in [5.74, 6) is 1.25. The summed E-state index contributed by atoms with van der Waals surface area (Å²) in [6.45, 7) is 0.174. The molecule has 7 heteroatoms. The standard InChI is InChI=1S/C19H20N4O3/c1-22(2)23-13-4-3-5-14(24)18(13)17(12(9-20)19(23)21)11-6-7-15-16(8-11)26-10-25-15/h6-8,17H,3-5,10,21H2,1-2H3/t17-/m0/s1. The third-order valence-electron chi connectivity index (χ3n) is 5.02. The molecule has 3 aliphatic rings. The summed E-state index contributed by atoms with van der Waals surface area (Å²) in [7, 11) is 3.71. The minimum atomic E-state index is -0.478. The lowest BCUT2D eigenvalue weighted by atomic mass is 9.76. The van der Waals surface area contributed by atoms with E-state index in [1.54, 1.807) is 5.01 Å². The second-order valence-electron chi connectivity index (χ2n) is 6.75. The Kier molecular flexibility index (Phi) is 3.85. The summed E-state index contributed by atoms with van der Waals surface area (Å²) < 4.78 is 10.8. The number of rotatable bonds is 2. The number of hydrogen-bond acceptors (Lipinski definition) is 7. The zero-order valence-electron chi connectivity index (χ0n) is 14.8. The maximum Gasteiger partial charge on any atom is 0.231 e. The number of ketones is 1. The Morgan fingerprint density at radius 1 is 1.27 bits per heavy atom. The second kappa shape index (κ2) is 6.07. The smallest absolute Gasteiger partial charge is 0.231 e. The van der Waals surface area contributed by atoms with Crippen molar-refractivity contribution in [2.24, 2.45) is 5.73 Å². The number of hydrogen-bond donors (Lipinski definition) is 1. The largest absolute Gasteiger partial charge is 0.454 e. The average molecular weight is 352 g/mol. The van der Waals surface area contributed by atoms with Gasteiger partial charge in [-0.1, -0.05) is 6.07 Å². The van der Waals surface area contributed by atoms with E-state index in [1.165, 1.54) is 0 Å². The molecular formula is C19H20N4O3. The lowest BCUT2D eigenvalue weighted by molar-refractivity contribution is -0.116. The Labute approximate surface area is 151 Å². The maximum atomic E-state index is 12.9. The van der Waals surface area contributed by atoms with Gasteiger partial charge in [0.2, 0.25) is 6.79 Å². The van der Waals surface area contributed by atoms with Gasteiger partial charge in [-0.15, -0.1) is 0 Å². The normalized spacial score (nSPS) is 22.0. The van der Waals surface area contributed by atoms with E-state index in [0.29, 0.717) is 34.9 Å². The Hall–Kier alpha value is -2.98. The molecule has 2 heterocycles.